The number of carbonyl (C=O) groups is 1. The molecule has 7 heteroatoms. The van der Waals surface area contributed by atoms with Gasteiger partial charge in [-0.25, -0.2) is 13.1 Å². The molecular weight excluding hydrogens is 326 g/mol. The Labute approximate surface area is 144 Å². The van der Waals surface area contributed by atoms with Gasteiger partial charge in [-0.1, -0.05) is 6.92 Å². The third-order valence-electron chi connectivity index (χ3n) is 4.46. The van der Waals surface area contributed by atoms with E-state index >= 15 is 0 Å². The summed E-state index contributed by atoms with van der Waals surface area (Å²) < 4.78 is 27.1. The highest BCUT2D eigenvalue weighted by Gasteiger charge is 2.29. The SMILES string of the molecule is CCC(C)NS(=O)(=O)c1ccc(C(=O)N2CCCC2CNC)cc1. The fourth-order valence-electron chi connectivity index (χ4n) is 2.91. The second-order valence-electron chi connectivity index (χ2n) is 6.31. The molecule has 1 aliphatic heterocycles. The number of nitrogens with one attached hydrogen (secondary N) is 2. The zero-order valence-corrected chi connectivity index (χ0v) is 15.4. The number of likely N-dealkylation sites (tertiary alicyclic amines) is 1. The van der Waals surface area contributed by atoms with Crippen LogP contribution >= 0.6 is 0 Å². The lowest BCUT2D eigenvalue weighted by molar-refractivity contribution is 0.0737. The third-order valence-corrected chi connectivity index (χ3v) is 6.06. The summed E-state index contributed by atoms with van der Waals surface area (Å²) in [5.41, 5.74) is 0.528. The van der Waals surface area contributed by atoms with Crippen LogP contribution in [-0.2, 0) is 10.0 Å². The molecule has 0 saturated carbocycles. The molecule has 24 heavy (non-hydrogen) atoms. The molecule has 0 radical (unpaired) electrons. The fraction of sp³-hybridized carbons (Fsp3) is 0.588. The Bertz CT molecular complexity index is 658. The van der Waals surface area contributed by atoms with Crippen molar-refractivity contribution in [2.45, 2.75) is 50.1 Å². The standard InChI is InChI=1S/C17H27N3O3S/c1-4-13(2)19-24(22,23)16-9-7-14(8-10-16)17(21)20-11-5-6-15(20)12-18-3/h7-10,13,15,18-19H,4-6,11-12H2,1-3H3. The van der Waals surface area contributed by atoms with Gasteiger partial charge in [0.1, 0.15) is 0 Å². The van der Waals surface area contributed by atoms with Crippen LogP contribution in [0.3, 0.4) is 0 Å². The molecule has 0 spiro atoms. The van der Waals surface area contributed by atoms with Crippen molar-refractivity contribution in [3.8, 4) is 0 Å². The van der Waals surface area contributed by atoms with Crippen LogP contribution in [-0.4, -0.2) is 51.4 Å². The summed E-state index contributed by atoms with van der Waals surface area (Å²) in [6, 6.07) is 6.29. The minimum atomic E-state index is -3.54. The van der Waals surface area contributed by atoms with E-state index in [-0.39, 0.29) is 22.9 Å². The van der Waals surface area contributed by atoms with Gasteiger partial charge in [-0.15, -0.1) is 0 Å². The van der Waals surface area contributed by atoms with Gasteiger partial charge in [-0.05, 0) is 57.5 Å². The molecule has 0 aromatic heterocycles. The van der Waals surface area contributed by atoms with Crippen LogP contribution in [0.5, 0.6) is 0 Å². The number of hydrogen-bond acceptors (Lipinski definition) is 4. The monoisotopic (exact) mass is 353 g/mol. The minimum Gasteiger partial charge on any atom is -0.334 e. The van der Waals surface area contributed by atoms with Crippen molar-refractivity contribution in [2.75, 3.05) is 20.1 Å². The van der Waals surface area contributed by atoms with E-state index in [0.29, 0.717) is 5.56 Å². The van der Waals surface area contributed by atoms with Crippen molar-refractivity contribution < 1.29 is 13.2 Å². The van der Waals surface area contributed by atoms with E-state index in [1.807, 2.05) is 25.8 Å². The van der Waals surface area contributed by atoms with E-state index < -0.39 is 10.0 Å². The normalized spacial score (nSPS) is 19.5. The summed E-state index contributed by atoms with van der Waals surface area (Å²) in [7, 11) is -1.66. The van der Waals surface area contributed by atoms with Gasteiger partial charge in [0, 0.05) is 30.7 Å². The minimum absolute atomic E-state index is 0.0356. The predicted molar refractivity (Wildman–Crippen MR) is 94.5 cm³/mol. The topological polar surface area (TPSA) is 78.5 Å². The average molecular weight is 353 g/mol. The molecule has 1 aromatic carbocycles. The van der Waals surface area contributed by atoms with Gasteiger partial charge in [-0.2, -0.15) is 0 Å². The summed E-state index contributed by atoms with van der Waals surface area (Å²) in [4.78, 5) is 14.7. The molecule has 2 N–H and O–H groups in total. The van der Waals surface area contributed by atoms with Gasteiger partial charge >= 0.3 is 0 Å². The molecule has 1 aliphatic rings. The van der Waals surface area contributed by atoms with Gasteiger partial charge in [0.25, 0.3) is 5.91 Å². The lowest BCUT2D eigenvalue weighted by atomic mass is 10.1. The smallest absolute Gasteiger partial charge is 0.254 e. The average Bonchev–Trinajstić information content (AvgIpc) is 3.02. The zero-order valence-electron chi connectivity index (χ0n) is 14.6. The number of carbonyl (C=O) groups excluding carboxylic acids is 1. The largest absolute Gasteiger partial charge is 0.334 e. The second kappa shape index (κ2) is 8.09. The molecule has 1 aromatic rings. The Balaban J connectivity index is 2.13. The van der Waals surface area contributed by atoms with Crippen LogP contribution in [0.1, 0.15) is 43.5 Å². The number of likely N-dealkylation sites (N-methyl/N-ethyl adjacent to an activating group) is 1. The quantitative estimate of drug-likeness (QED) is 0.780. The number of hydrogen-bond donors (Lipinski definition) is 2. The van der Waals surface area contributed by atoms with Crippen molar-refractivity contribution in [1.82, 2.24) is 14.9 Å². The van der Waals surface area contributed by atoms with Gasteiger partial charge < -0.3 is 10.2 Å². The van der Waals surface area contributed by atoms with Crippen LogP contribution in [0, 0.1) is 0 Å². The molecule has 2 rings (SSSR count). The van der Waals surface area contributed by atoms with Gasteiger partial charge in [-0.3, -0.25) is 4.79 Å². The number of rotatable bonds is 7. The lowest BCUT2D eigenvalue weighted by Crippen LogP contribution is -2.40. The summed E-state index contributed by atoms with van der Waals surface area (Å²) in [5, 5.41) is 3.12. The van der Waals surface area contributed by atoms with Gasteiger partial charge in [0.05, 0.1) is 4.90 Å². The first kappa shape index (κ1) is 18.9. The number of amides is 1. The number of benzene rings is 1. The molecule has 134 valence electrons. The summed E-state index contributed by atoms with van der Waals surface area (Å²) >= 11 is 0. The third kappa shape index (κ3) is 4.34. The zero-order chi connectivity index (χ0) is 17.7. The maximum absolute atomic E-state index is 12.7. The molecular formula is C17H27N3O3S. The van der Waals surface area contributed by atoms with Crippen molar-refractivity contribution in [1.29, 1.82) is 0 Å². The molecule has 6 nitrogen and oxygen atoms in total. The molecule has 0 aliphatic carbocycles. The van der Waals surface area contributed by atoms with Gasteiger partial charge in [0.15, 0.2) is 0 Å². The second-order valence-corrected chi connectivity index (χ2v) is 8.02. The maximum Gasteiger partial charge on any atom is 0.254 e. The predicted octanol–water partition coefficient (Wildman–Crippen LogP) is 1.59. The Morgan fingerprint density at radius 2 is 2.00 bits per heavy atom. The van der Waals surface area contributed by atoms with Crippen molar-refractivity contribution >= 4 is 15.9 Å². The highest BCUT2D eigenvalue weighted by Crippen LogP contribution is 2.20. The van der Waals surface area contributed by atoms with Crippen LogP contribution in [0.25, 0.3) is 0 Å². The molecule has 2 unspecified atom stereocenters. The Hall–Kier alpha value is -1.44. The van der Waals surface area contributed by atoms with Crippen LogP contribution in [0.2, 0.25) is 0 Å². The molecule has 2 atom stereocenters. The van der Waals surface area contributed by atoms with Crippen molar-refractivity contribution in [3.05, 3.63) is 29.8 Å². The number of sulfonamides is 1. The highest BCUT2D eigenvalue weighted by atomic mass is 32.2. The molecule has 1 saturated heterocycles. The van der Waals surface area contributed by atoms with Crippen LogP contribution < -0.4 is 10.0 Å². The van der Waals surface area contributed by atoms with Crippen molar-refractivity contribution in [2.24, 2.45) is 0 Å². The van der Waals surface area contributed by atoms with E-state index in [0.717, 1.165) is 32.4 Å². The van der Waals surface area contributed by atoms with Crippen LogP contribution in [0.4, 0.5) is 0 Å². The first-order chi connectivity index (χ1) is 11.4. The molecule has 1 fully saturated rings. The molecule has 1 heterocycles. The first-order valence-electron chi connectivity index (χ1n) is 8.47. The fourth-order valence-corrected chi connectivity index (χ4v) is 4.24. The summed E-state index contributed by atoms with van der Waals surface area (Å²) in [5.74, 6) is -0.0356. The van der Waals surface area contributed by atoms with Crippen LogP contribution in [0.15, 0.2) is 29.2 Å². The Morgan fingerprint density at radius 1 is 1.33 bits per heavy atom. The first-order valence-corrected chi connectivity index (χ1v) is 9.95. The molecule has 1 amide bonds. The van der Waals surface area contributed by atoms with E-state index in [2.05, 4.69) is 10.0 Å². The Kier molecular flexibility index (Phi) is 6.37. The van der Waals surface area contributed by atoms with E-state index in [4.69, 9.17) is 0 Å². The summed E-state index contributed by atoms with van der Waals surface area (Å²) in [6.07, 6.45) is 2.72. The van der Waals surface area contributed by atoms with E-state index in [1.54, 1.807) is 12.1 Å². The lowest BCUT2D eigenvalue weighted by Gasteiger charge is -2.24. The maximum atomic E-state index is 12.7. The van der Waals surface area contributed by atoms with E-state index in [9.17, 15) is 13.2 Å². The molecule has 0 bridgehead atoms. The summed E-state index contributed by atoms with van der Waals surface area (Å²) in [6.45, 7) is 5.27. The van der Waals surface area contributed by atoms with E-state index in [1.165, 1.54) is 12.1 Å². The Morgan fingerprint density at radius 3 is 2.58 bits per heavy atom. The van der Waals surface area contributed by atoms with Gasteiger partial charge in [0.2, 0.25) is 10.0 Å². The number of nitrogens with zero attached hydrogens (tertiary/aromatic N) is 1. The highest BCUT2D eigenvalue weighted by molar-refractivity contribution is 7.89. The van der Waals surface area contributed by atoms with Crippen molar-refractivity contribution in [3.63, 3.8) is 0 Å².